The van der Waals surface area contributed by atoms with E-state index < -0.39 is 5.91 Å². The van der Waals surface area contributed by atoms with Crippen LogP contribution in [0.15, 0.2) is 30.7 Å². The van der Waals surface area contributed by atoms with E-state index in [0.29, 0.717) is 11.4 Å². The van der Waals surface area contributed by atoms with Gasteiger partial charge in [-0.2, -0.15) is 0 Å². The Morgan fingerprint density at radius 2 is 2.00 bits per heavy atom. The highest BCUT2D eigenvalue weighted by Crippen LogP contribution is 2.17. The monoisotopic (exact) mass is 215 g/mol. The van der Waals surface area contributed by atoms with Crippen LogP contribution in [0, 0.1) is 0 Å². The van der Waals surface area contributed by atoms with Gasteiger partial charge in [-0.15, -0.1) is 0 Å². The van der Waals surface area contributed by atoms with Crippen molar-refractivity contribution in [1.29, 1.82) is 0 Å². The van der Waals surface area contributed by atoms with Crippen LogP contribution in [0.25, 0.3) is 11.4 Å². The van der Waals surface area contributed by atoms with Crippen molar-refractivity contribution in [3.63, 3.8) is 0 Å². The molecule has 0 unspecified atom stereocenters. The predicted octanol–water partition coefficient (Wildman–Crippen LogP) is 0.220. The summed E-state index contributed by atoms with van der Waals surface area (Å²) in [6.07, 6.45) is 3.01. The molecule has 4 N–H and O–H groups in total. The molecule has 0 aromatic carbocycles. The zero-order valence-electron chi connectivity index (χ0n) is 8.29. The van der Waals surface area contributed by atoms with Crippen LogP contribution in [-0.2, 0) is 0 Å². The van der Waals surface area contributed by atoms with Crippen LogP contribution in [0.5, 0.6) is 0 Å². The van der Waals surface area contributed by atoms with Crippen molar-refractivity contribution in [2.45, 2.75) is 0 Å². The Hall–Kier alpha value is -2.50. The van der Waals surface area contributed by atoms with Crippen molar-refractivity contribution in [2.24, 2.45) is 5.73 Å². The molecule has 0 aliphatic heterocycles. The van der Waals surface area contributed by atoms with Gasteiger partial charge in [-0.1, -0.05) is 0 Å². The van der Waals surface area contributed by atoms with Crippen LogP contribution in [0.3, 0.4) is 0 Å². The lowest BCUT2D eigenvalue weighted by molar-refractivity contribution is 0.100. The third-order valence-electron chi connectivity index (χ3n) is 2.03. The third kappa shape index (κ3) is 1.81. The minimum absolute atomic E-state index is 0.101. The van der Waals surface area contributed by atoms with Gasteiger partial charge in [0.2, 0.25) is 0 Å². The van der Waals surface area contributed by atoms with Crippen LogP contribution < -0.4 is 11.5 Å². The number of primary amides is 1. The van der Waals surface area contributed by atoms with Crippen molar-refractivity contribution in [2.75, 3.05) is 5.73 Å². The highest BCUT2D eigenvalue weighted by atomic mass is 16.1. The molecule has 0 atom stereocenters. The molecule has 16 heavy (non-hydrogen) atoms. The fraction of sp³-hybridized carbons (Fsp3) is 0. The van der Waals surface area contributed by atoms with Crippen LogP contribution in [0.1, 0.15) is 10.4 Å². The summed E-state index contributed by atoms with van der Waals surface area (Å²) < 4.78 is 0. The highest BCUT2D eigenvalue weighted by molar-refractivity contribution is 5.97. The summed E-state index contributed by atoms with van der Waals surface area (Å²) in [5.41, 5.74) is 12.1. The number of nitrogen functional groups attached to an aromatic ring is 1. The fourth-order valence-electron chi connectivity index (χ4n) is 1.27. The van der Waals surface area contributed by atoms with E-state index in [-0.39, 0.29) is 11.4 Å². The van der Waals surface area contributed by atoms with Gasteiger partial charge in [0.05, 0.1) is 17.0 Å². The summed E-state index contributed by atoms with van der Waals surface area (Å²) in [4.78, 5) is 22.8. The predicted molar refractivity (Wildman–Crippen MR) is 58.2 cm³/mol. The van der Waals surface area contributed by atoms with E-state index in [1.165, 1.54) is 12.4 Å². The van der Waals surface area contributed by atoms with Gasteiger partial charge in [-0.25, -0.2) is 15.0 Å². The van der Waals surface area contributed by atoms with E-state index in [1.54, 1.807) is 18.3 Å². The number of nitrogens with two attached hydrogens (primary N) is 2. The summed E-state index contributed by atoms with van der Waals surface area (Å²) >= 11 is 0. The molecular weight excluding hydrogens is 206 g/mol. The standard InChI is InChI=1S/C10H9N5O/c11-9-6(10(12)16)1-2-8(15-9)7-3-4-13-5-14-7/h1-5H,(H2,11,15)(H2,12,16). The third-order valence-corrected chi connectivity index (χ3v) is 2.03. The lowest BCUT2D eigenvalue weighted by Crippen LogP contribution is -2.14. The summed E-state index contributed by atoms with van der Waals surface area (Å²) in [5, 5.41) is 0. The minimum atomic E-state index is -0.598. The maximum atomic E-state index is 10.9. The van der Waals surface area contributed by atoms with Crippen LogP contribution >= 0.6 is 0 Å². The number of hydrogen-bond donors (Lipinski definition) is 2. The number of pyridine rings is 1. The first-order valence-corrected chi connectivity index (χ1v) is 4.51. The Balaban J connectivity index is 2.46. The lowest BCUT2D eigenvalue weighted by Gasteiger charge is -2.03. The Labute approximate surface area is 91.4 Å². The molecule has 2 rings (SSSR count). The fourth-order valence-corrected chi connectivity index (χ4v) is 1.27. The smallest absolute Gasteiger partial charge is 0.252 e. The Bertz CT molecular complexity index is 526. The van der Waals surface area contributed by atoms with E-state index in [9.17, 15) is 4.79 Å². The molecular formula is C10H9N5O. The van der Waals surface area contributed by atoms with Gasteiger partial charge in [0.1, 0.15) is 12.1 Å². The minimum Gasteiger partial charge on any atom is -0.383 e. The Morgan fingerprint density at radius 1 is 1.19 bits per heavy atom. The number of nitrogens with zero attached hydrogens (tertiary/aromatic N) is 3. The second kappa shape index (κ2) is 3.93. The first kappa shape index (κ1) is 10.0. The number of anilines is 1. The van der Waals surface area contributed by atoms with Crippen molar-refractivity contribution < 1.29 is 4.79 Å². The SMILES string of the molecule is NC(=O)c1ccc(-c2ccncn2)nc1N. The summed E-state index contributed by atoms with van der Waals surface area (Å²) in [5.74, 6) is -0.497. The molecule has 2 aromatic heterocycles. The molecule has 0 aliphatic carbocycles. The van der Waals surface area contributed by atoms with Crippen LogP contribution in [-0.4, -0.2) is 20.9 Å². The first-order chi connectivity index (χ1) is 7.68. The number of aromatic nitrogens is 3. The summed E-state index contributed by atoms with van der Waals surface area (Å²) in [6, 6.07) is 4.87. The molecule has 0 spiro atoms. The number of carbonyl (C=O) groups is 1. The van der Waals surface area contributed by atoms with Gasteiger partial charge < -0.3 is 11.5 Å². The molecule has 0 aliphatic rings. The van der Waals surface area contributed by atoms with Gasteiger partial charge in [-0.3, -0.25) is 4.79 Å². The van der Waals surface area contributed by atoms with E-state index >= 15 is 0 Å². The molecule has 2 heterocycles. The zero-order valence-corrected chi connectivity index (χ0v) is 8.29. The van der Waals surface area contributed by atoms with Crippen molar-refractivity contribution >= 4 is 11.7 Å². The number of rotatable bonds is 2. The average Bonchev–Trinajstić information content (AvgIpc) is 2.29. The maximum absolute atomic E-state index is 10.9. The average molecular weight is 215 g/mol. The number of amides is 1. The zero-order chi connectivity index (χ0) is 11.5. The second-order valence-corrected chi connectivity index (χ2v) is 3.09. The number of carbonyl (C=O) groups excluding carboxylic acids is 1. The van der Waals surface area contributed by atoms with Gasteiger partial charge in [0.15, 0.2) is 0 Å². The van der Waals surface area contributed by atoms with Crippen LogP contribution in [0.4, 0.5) is 5.82 Å². The van der Waals surface area contributed by atoms with E-state index in [0.717, 1.165) is 0 Å². The molecule has 0 saturated heterocycles. The molecule has 0 fully saturated rings. The molecule has 0 radical (unpaired) electrons. The van der Waals surface area contributed by atoms with E-state index in [4.69, 9.17) is 11.5 Å². The van der Waals surface area contributed by atoms with Gasteiger partial charge in [0, 0.05) is 6.20 Å². The normalized spacial score (nSPS) is 10.0. The summed E-state index contributed by atoms with van der Waals surface area (Å²) in [6.45, 7) is 0. The molecule has 0 bridgehead atoms. The van der Waals surface area contributed by atoms with Crippen molar-refractivity contribution in [3.05, 3.63) is 36.3 Å². The van der Waals surface area contributed by atoms with Gasteiger partial charge in [0.25, 0.3) is 5.91 Å². The van der Waals surface area contributed by atoms with Gasteiger partial charge in [-0.05, 0) is 18.2 Å². The topological polar surface area (TPSA) is 108 Å². The molecule has 2 aromatic rings. The summed E-state index contributed by atoms with van der Waals surface area (Å²) in [7, 11) is 0. The molecule has 80 valence electrons. The quantitative estimate of drug-likeness (QED) is 0.744. The van der Waals surface area contributed by atoms with Gasteiger partial charge >= 0.3 is 0 Å². The van der Waals surface area contributed by atoms with Crippen molar-refractivity contribution in [3.8, 4) is 11.4 Å². The lowest BCUT2D eigenvalue weighted by atomic mass is 10.2. The largest absolute Gasteiger partial charge is 0.383 e. The maximum Gasteiger partial charge on any atom is 0.252 e. The van der Waals surface area contributed by atoms with Crippen molar-refractivity contribution in [1.82, 2.24) is 15.0 Å². The van der Waals surface area contributed by atoms with Crippen LogP contribution in [0.2, 0.25) is 0 Å². The molecule has 6 heteroatoms. The Morgan fingerprint density at radius 3 is 2.56 bits per heavy atom. The molecule has 6 nitrogen and oxygen atoms in total. The Kier molecular flexibility index (Phi) is 2.47. The molecule has 1 amide bonds. The number of hydrogen-bond acceptors (Lipinski definition) is 5. The molecule has 0 saturated carbocycles. The second-order valence-electron chi connectivity index (χ2n) is 3.09. The van der Waals surface area contributed by atoms with E-state index in [1.807, 2.05) is 0 Å². The van der Waals surface area contributed by atoms with E-state index in [2.05, 4.69) is 15.0 Å². The first-order valence-electron chi connectivity index (χ1n) is 4.51. The highest BCUT2D eigenvalue weighted by Gasteiger charge is 2.09.